The van der Waals surface area contributed by atoms with E-state index in [1.54, 1.807) is 50.2 Å². The second-order valence-corrected chi connectivity index (χ2v) is 6.65. The normalized spacial score (nSPS) is 10.4. The van der Waals surface area contributed by atoms with Crippen LogP contribution in [0.1, 0.15) is 25.8 Å². The molecule has 0 unspecified atom stereocenters. The van der Waals surface area contributed by atoms with Gasteiger partial charge in [0.15, 0.2) is 0 Å². The number of Topliss-reactive ketones (excluding diaryl/α,β-unsaturated/α-hetero) is 1. The maximum absolute atomic E-state index is 12.8. The maximum Gasteiger partial charge on any atom is 0.239 e. The van der Waals surface area contributed by atoms with E-state index in [2.05, 4.69) is 0 Å². The average molecular weight is 375 g/mol. The Labute approximate surface area is 156 Å². The monoisotopic (exact) mass is 374 g/mol. The molecule has 0 spiro atoms. The lowest BCUT2D eigenvalue weighted by molar-refractivity contribution is -0.128. The predicted octanol–water partition coefficient (Wildman–Crippen LogP) is 5.14. The van der Waals surface area contributed by atoms with Crippen molar-refractivity contribution in [2.45, 2.75) is 20.3 Å². The highest BCUT2D eigenvalue weighted by Gasteiger charge is 2.24. The number of carbonyl (C=O) groups excluding carboxylic acids is 2. The molecule has 0 bridgehead atoms. The number of carbonyl (C=O) groups is 2. The molecule has 0 fully saturated rings. The van der Waals surface area contributed by atoms with Crippen molar-refractivity contribution in [1.82, 2.24) is 0 Å². The zero-order valence-electron chi connectivity index (χ0n) is 13.8. The van der Waals surface area contributed by atoms with Crippen molar-refractivity contribution in [3.05, 3.63) is 58.1 Å². The number of ketones is 1. The molecule has 0 heterocycles. The first-order chi connectivity index (χ1) is 11.8. The third-order valence-corrected chi connectivity index (χ3v) is 4.11. The second kappa shape index (κ2) is 8.15. The van der Waals surface area contributed by atoms with Crippen LogP contribution in [0.4, 0.5) is 11.4 Å². The van der Waals surface area contributed by atoms with E-state index in [0.29, 0.717) is 21.4 Å². The zero-order valence-corrected chi connectivity index (χ0v) is 15.3. The molecule has 0 aliphatic rings. The van der Waals surface area contributed by atoms with E-state index in [0.717, 1.165) is 0 Å². The topological polar surface area (TPSA) is 61.2 Å². The van der Waals surface area contributed by atoms with Gasteiger partial charge in [0.2, 0.25) is 5.91 Å². The Morgan fingerprint density at radius 1 is 1.08 bits per heavy atom. The highest BCUT2D eigenvalue weighted by Crippen LogP contribution is 2.32. The molecule has 0 N–H and O–H groups in total. The smallest absolute Gasteiger partial charge is 0.239 e. The van der Waals surface area contributed by atoms with Crippen LogP contribution in [-0.2, 0) is 9.59 Å². The molecule has 0 radical (unpaired) electrons. The van der Waals surface area contributed by atoms with Gasteiger partial charge in [-0.15, -0.1) is 0 Å². The van der Waals surface area contributed by atoms with Crippen molar-refractivity contribution in [1.29, 1.82) is 5.26 Å². The zero-order chi connectivity index (χ0) is 18.6. The number of halogens is 2. The first-order valence-corrected chi connectivity index (χ1v) is 8.40. The third kappa shape index (κ3) is 4.60. The van der Waals surface area contributed by atoms with Gasteiger partial charge in [0.25, 0.3) is 0 Å². The summed E-state index contributed by atoms with van der Waals surface area (Å²) >= 11 is 11.9. The Balaban J connectivity index is 2.53. The van der Waals surface area contributed by atoms with E-state index in [-0.39, 0.29) is 23.7 Å². The lowest BCUT2D eigenvalue weighted by Crippen LogP contribution is -2.29. The first kappa shape index (κ1) is 19.0. The quantitative estimate of drug-likeness (QED) is 0.680. The Kier molecular flexibility index (Phi) is 6.19. The van der Waals surface area contributed by atoms with Gasteiger partial charge < -0.3 is 0 Å². The van der Waals surface area contributed by atoms with Crippen LogP contribution in [0, 0.1) is 17.2 Å². The van der Waals surface area contributed by atoms with Crippen LogP contribution in [0.25, 0.3) is 0 Å². The van der Waals surface area contributed by atoms with Crippen LogP contribution in [-0.4, -0.2) is 11.7 Å². The number of amides is 1. The van der Waals surface area contributed by atoms with E-state index in [9.17, 15) is 14.9 Å². The van der Waals surface area contributed by atoms with Crippen molar-refractivity contribution in [2.24, 2.45) is 5.92 Å². The molecular formula is C19H16Cl2N2O2. The summed E-state index contributed by atoms with van der Waals surface area (Å²) < 4.78 is 0. The molecular weight excluding hydrogens is 359 g/mol. The number of hydrogen-bond acceptors (Lipinski definition) is 3. The van der Waals surface area contributed by atoms with Gasteiger partial charge in [0.05, 0.1) is 17.7 Å². The molecule has 0 aromatic heterocycles. The first-order valence-electron chi connectivity index (χ1n) is 7.64. The van der Waals surface area contributed by atoms with Crippen LogP contribution in [0.2, 0.25) is 10.0 Å². The van der Waals surface area contributed by atoms with Crippen LogP contribution in [0.3, 0.4) is 0 Å². The van der Waals surface area contributed by atoms with Crippen molar-refractivity contribution in [3.63, 3.8) is 0 Å². The summed E-state index contributed by atoms with van der Waals surface area (Å²) in [5.74, 6) is -0.840. The second-order valence-electron chi connectivity index (χ2n) is 5.78. The Morgan fingerprint density at radius 3 is 2.24 bits per heavy atom. The largest absolute Gasteiger partial charge is 0.299 e. The fraction of sp³-hybridized carbons (Fsp3) is 0.211. The average Bonchev–Trinajstić information content (AvgIpc) is 2.57. The van der Waals surface area contributed by atoms with E-state index in [1.165, 1.54) is 11.0 Å². The van der Waals surface area contributed by atoms with Crippen LogP contribution < -0.4 is 4.90 Å². The molecule has 0 aliphatic heterocycles. The van der Waals surface area contributed by atoms with Crippen molar-refractivity contribution in [3.8, 4) is 6.07 Å². The van der Waals surface area contributed by atoms with E-state index < -0.39 is 5.91 Å². The minimum absolute atomic E-state index is 0.170. The SMILES string of the molecule is CC(C)C(=O)CC(=O)N(c1ccc(Cl)cc1)c1ccc(Cl)cc1C#N. The molecule has 6 heteroatoms. The van der Waals surface area contributed by atoms with Gasteiger partial charge in [-0.25, -0.2) is 0 Å². The summed E-state index contributed by atoms with van der Waals surface area (Å²) in [6, 6.07) is 13.3. The molecule has 0 aliphatic carbocycles. The molecule has 2 aromatic rings. The van der Waals surface area contributed by atoms with E-state index >= 15 is 0 Å². The summed E-state index contributed by atoms with van der Waals surface area (Å²) in [7, 11) is 0. The fourth-order valence-corrected chi connectivity index (χ4v) is 2.53. The number of hydrogen-bond donors (Lipinski definition) is 0. The Morgan fingerprint density at radius 2 is 1.68 bits per heavy atom. The van der Waals surface area contributed by atoms with Crippen molar-refractivity contribution in [2.75, 3.05) is 4.90 Å². The Bertz CT molecular complexity index is 839. The van der Waals surface area contributed by atoms with Crippen LogP contribution >= 0.6 is 23.2 Å². The molecule has 2 rings (SSSR count). The van der Waals surface area contributed by atoms with Gasteiger partial charge in [-0.2, -0.15) is 5.26 Å². The summed E-state index contributed by atoms with van der Waals surface area (Å²) in [4.78, 5) is 26.2. The maximum atomic E-state index is 12.8. The van der Waals surface area contributed by atoms with Gasteiger partial charge in [-0.3, -0.25) is 14.5 Å². The molecule has 4 nitrogen and oxygen atoms in total. The van der Waals surface area contributed by atoms with Gasteiger partial charge in [0, 0.05) is 21.7 Å². The van der Waals surface area contributed by atoms with Gasteiger partial charge in [-0.1, -0.05) is 37.0 Å². The van der Waals surface area contributed by atoms with Gasteiger partial charge in [0.1, 0.15) is 11.9 Å². The number of nitriles is 1. The number of benzene rings is 2. The van der Waals surface area contributed by atoms with Crippen LogP contribution in [0.5, 0.6) is 0 Å². The van der Waals surface area contributed by atoms with Crippen LogP contribution in [0.15, 0.2) is 42.5 Å². The predicted molar refractivity (Wildman–Crippen MR) is 99.2 cm³/mol. The van der Waals surface area contributed by atoms with Crippen molar-refractivity contribution >= 4 is 46.3 Å². The van der Waals surface area contributed by atoms with Gasteiger partial charge >= 0.3 is 0 Å². The molecule has 128 valence electrons. The minimum Gasteiger partial charge on any atom is -0.299 e. The molecule has 0 saturated carbocycles. The number of anilines is 2. The van der Waals surface area contributed by atoms with E-state index in [4.69, 9.17) is 23.2 Å². The third-order valence-electron chi connectivity index (χ3n) is 3.62. The number of nitrogens with zero attached hydrogens (tertiary/aromatic N) is 2. The standard InChI is InChI=1S/C19H16Cl2N2O2/c1-12(2)18(24)10-19(25)23(16-6-3-14(20)4-7-16)17-8-5-15(21)9-13(17)11-22/h3-9,12H,10H2,1-2H3. The highest BCUT2D eigenvalue weighted by molar-refractivity contribution is 6.31. The highest BCUT2D eigenvalue weighted by atomic mass is 35.5. The fourth-order valence-electron chi connectivity index (χ4n) is 2.23. The lowest BCUT2D eigenvalue weighted by Gasteiger charge is -2.24. The molecule has 0 atom stereocenters. The molecule has 0 saturated heterocycles. The molecule has 2 aromatic carbocycles. The summed E-state index contributed by atoms with van der Waals surface area (Å²) in [5.41, 5.74) is 1.13. The minimum atomic E-state index is -0.417. The Hall–Kier alpha value is -2.35. The van der Waals surface area contributed by atoms with Gasteiger partial charge in [-0.05, 0) is 42.5 Å². The lowest BCUT2D eigenvalue weighted by atomic mass is 10.0. The summed E-state index contributed by atoms with van der Waals surface area (Å²) in [6.07, 6.45) is -0.256. The summed E-state index contributed by atoms with van der Waals surface area (Å²) in [5, 5.41) is 10.3. The van der Waals surface area contributed by atoms with E-state index in [1.807, 2.05) is 6.07 Å². The number of rotatable bonds is 5. The molecule has 25 heavy (non-hydrogen) atoms. The molecule has 1 amide bonds. The van der Waals surface area contributed by atoms with Crippen molar-refractivity contribution < 1.29 is 9.59 Å². The summed E-state index contributed by atoms with van der Waals surface area (Å²) in [6.45, 7) is 3.48.